The molecule has 0 spiro atoms. The highest BCUT2D eigenvalue weighted by Crippen LogP contribution is 2.22. The van der Waals surface area contributed by atoms with Crippen molar-refractivity contribution in [2.45, 2.75) is 17.1 Å². The third-order valence-corrected chi connectivity index (χ3v) is 3.78. The molecule has 0 aromatic heterocycles. The number of hydrogen-bond acceptors (Lipinski definition) is 3. The lowest BCUT2D eigenvalue weighted by molar-refractivity contribution is 0.168. The van der Waals surface area contributed by atoms with Gasteiger partial charge in [-0.2, -0.15) is 0 Å². The average Bonchev–Trinajstić information content (AvgIpc) is 2.45. The van der Waals surface area contributed by atoms with Gasteiger partial charge in [0.15, 0.2) is 0 Å². The van der Waals surface area contributed by atoms with Crippen LogP contribution in [0.15, 0.2) is 59.5 Å². The van der Waals surface area contributed by atoms with Gasteiger partial charge in [-0.25, -0.2) is 5.48 Å². The first kappa shape index (κ1) is 13.1. The largest absolute Gasteiger partial charge is 0.317 e. The zero-order valence-corrected chi connectivity index (χ0v) is 11.0. The third-order valence-electron chi connectivity index (χ3n) is 2.70. The molecule has 0 saturated heterocycles. The number of hydrogen-bond donors (Lipinski definition) is 2. The van der Waals surface area contributed by atoms with Crippen LogP contribution in [-0.4, -0.2) is 11.8 Å². The molecule has 2 aromatic carbocycles. The van der Waals surface area contributed by atoms with Crippen LogP contribution < -0.4 is 5.48 Å². The summed E-state index contributed by atoms with van der Waals surface area (Å²) in [5, 5.41) is 8.54. The van der Waals surface area contributed by atoms with Gasteiger partial charge in [-0.05, 0) is 29.7 Å². The van der Waals surface area contributed by atoms with E-state index in [4.69, 9.17) is 5.21 Å². The highest BCUT2D eigenvalue weighted by molar-refractivity contribution is 7.98. The smallest absolute Gasteiger partial charge is 0.0247 e. The van der Waals surface area contributed by atoms with E-state index in [2.05, 4.69) is 54.0 Å². The Balaban J connectivity index is 1.86. The van der Waals surface area contributed by atoms with Crippen LogP contribution in [0.4, 0.5) is 0 Å². The van der Waals surface area contributed by atoms with Gasteiger partial charge in [0, 0.05) is 17.2 Å². The molecule has 0 radical (unpaired) electrons. The minimum atomic E-state index is 0.595. The third kappa shape index (κ3) is 4.18. The van der Waals surface area contributed by atoms with Crippen molar-refractivity contribution in [1.29, 1.82) is 0 Å². The fourth-order valence-electron chi connectivity index (χ4n) is 1.69. The molecule has 0 aliphatic rings. The first-order valence-corrected chi connectivity index (χ1v) is 6.99. The van der Waals surface area contributed by atoms with Crippen LogP contribution in [0.25, 0.3) is 0 Å². The molecular formula is C15H17NOS. The Morgan fingerprint density at radius 1 is 0.889 bits per heavy atom. The van der Waals surface area contributed by atoms with Gasteiger partial charge in [-0.1, -0.05) is 42.5 Å². The molecule has 0 fully saturated rings. The van der Waals surface area contributed by atoms with Crippen molar-refractivity contribution < 1.29 is 5.21 Å². The van der Waals surface area contributed by atoms with E-state index in [9.17, 15) is 0 Å². The predicted molar refractivity (Wildman–Crippen MR) is 75.9 cm³/mol. The van der Waals surface area contributed by atoms with Gasteiger partial charge < -0.3 is 5.21 Å². The summed E-state index contributed by atoms with van der Waals surface area (Å²) in [5.74, 6) is 0.989. The number of hydroxylamine groups is 1. The summed E-state index contributed by atoms with van der Waals surface area (Å²) < 4.78 is 0. The number of rotatable bonds is 6. The van der Waals surface area contributed by atoms with Gasteiger partial charge in [-0.15, -0.1) is 11.8 Å². The summed E-state index contributed by atoms with van der Waals surface area (Å²) in [7, 11) is 0. The van der Waals surface area contributed by atoms with E-state index >= 15 is 0 Å². The Labute approximate surface area is 112 Å². The Bertz CT molecular complexity index is 456. The Hall–Kier alpha value is -1.29. The van der Waals surface area contributed by atoms with Crippen molar-refractivity contribution in [3.05, 3.63) is 65.7 Å². The van der Waals surface area contributed by atoms with Crippen LogP contribution >= 0.6 is 11.8 Å². The average molecular weight is 259 g/mol. The highest BCUT2D eigenvalue weighted by atomic mass is 32.2. The predicted octanol–water partition coefficient (Wildman–Crippen LogP) is 3.50. The first-order valence-electron chi connectivity index (χ1n) is 6.01. The Morgan fingerprint density at radius 2 is 1.56 bits per heavy atom. The molecule has 2 nitrogen and oxygen atoms in total. The molecule has 0 aliphatic heterocycles. The van der Waals surface area contributed by atoms with E-state index in [1.807, 2.05) is 17.8 Å². The summed E-state index contributed by atoms with van der Waals surface area (Å²) in [4.78, 5) is 1.30. The van der Waals surface area contributed by atoms with Crippen LogP contribution in [0.3, 0.4) is 0 Å². The van der Waals surface area contributed by atoms with Crippen molar-refractivity contribution >= 4 is 11.8 Å². The monoisotopic (exact) mass is 259 g/mol. The van der Waals surface area contributed by atoms with Gasteiger partial charge in [0.1, 0.15) is 0 Å². The van der Waals surface area contributed by atoms with E-state index in [1.165, 1.54) is 16.0 Å². The quantitative estimate of drug-likeness (QED) is 0.615. The maximum Gasteiger partial charge on any atom is 0.0247 e. The van der Waals surface area contributed by atoms with E-state index in [0.717, 1.165) is 12.2 Å². The van der Waals surface area contributed by atoms with Crippen molar-refractivity contribution in [2.75, 3.05) is 6.54 Å². The summed E-state index contributed by atoms with van der Waals surface area (Å²) in [6.07, 6.45) is 0.850. The van der Waals surface area contributed by atoms with E-state index < -0.39 is 0 Å². The van der Waals surface area contributed by atoms with Crippen molar-refractivity contribution in [1.82, 2.24) is 5.48 Å². The lowest BCUT2D eigenvalue weighted by Gasteiger charge is -2.04. The minimum absolute atomic E-state index is 0.595. The molecule has 2 N–H and O–H groups in total. The molecule has 0 bridgehead atoms. The molecule has 0 atom stereocenters. The molecule has 0 aliphatic carbocycles. The lowest BCUT2D eigenvalue weighted by atomic mass is 10.1. The van der Waals surface area contributed by atoms with Gasteiger partial charge >= 0.3 is 0 Å². The fourth-order valence-corrected chi connectivity index (χ4v) is 2.56. The second kappa shape index (κ2) is 7.21. The highest BCUT2D eigenvalue weighted by Gasteiger charge is 1.97. The Kier molecular flexibility index (Phi) is 5.27. The van der Waals surface area contributed by atoms with E-state index in [1.54, 1.807) is 0 Å². The Morgan fingerprint density at radius 3 is 2.22 bits per heavy atom. The molecule has 2 rings (SSSR count). The van der Waals surface area contributed by atoms with Gasteiger partial charge in [0.25, 0.3) is 0 Å². The molecular weight excluding hydrogens is 242 g/mol. The lowest BCUT2D eigenvalue weighted by Crippen LogP contribution is -2.11. The minimum Gasteiger partial charge on any atom is -0.317 e. The number of benzene rings is 2. The van der Waals surface area contributed by atoms with Crippen molar-refractivity contribution in [3.63, 3.8) is 0 Å². The van der Waals surface area contributed by atoms with E-state index in [0.29, 0.717) is 6.54 Å². The second-order valence-corrected chi connectivity index (χ2v) is 5.13. The van der Waals surface area contributed by atoms with Gasteiger partial charge in [0.05, 0.1) is 0 Å². The topological polar surface area (TPSA) is 32.3 Å². The van der Waals surface area contributed by atoms with E-state index in [-0.39, 0.29) is 0 Å². The van der Waals surface area contributed by atoms with Crippen LogP contribution in [0, 0.1) is 0 Å². The zero-order valence-electron chi connectivity index (χ0n) is 10.2. The molecule has 18 heavy (non-hydrogen) atoms. The zero-order chi connectivity index (χ0) is 12.6. The first-order chi connectivity index (χ1) is 8.88. The van der Waals surface area contributed by atoms with Crippen molar-refractivity contribution in [3.8, 4) is 0 Å². The molecule has 94 valence electrons. The maximum absolute atomic E-state index is 8.54. The van der Waals surface area contributed by atoms with Gasteiger partial charge in [0.2, 0.25) is 0 Å². The van der Waals surface area contributed by atoms with Crippen LogP contribution in [-0.2, 0) is 12.2 Å². The maximum atomic E-state index is 8.54. The summed E-state index contributed by atoms with van der Waals surface area (Å²) in [5.41, 5.74) is 4.74. The molecule has 0 amide bonds. The van der Waals surface area contributed by atoms with Gasteiger partial charge in [-0.3, -0.25) is 0 Å². The summed E-state index contributed by atoms with van der Waals surface area (Å²) in [6.45, 7) is 0.595. The normalized spacial score (nSPS) is 10.5. The van der Waals surface area contributed by atoms with Crippen LogP contribution in [0.5, 0.6) is 0 Å². The number of thioether (sulfide) groups is 1. The molecule has 0 unspecified atom stereocenters. The fraction of sp³-hybridized carbons (Fsp3) is 0.200. The SMILES string of the molecule is ONCCc1ccc(CSc2ccccc2)cc1. The molecule has 3 heteroatoms. The summed E-state index contributed by atoms with van der Waals surface area (Å²) in [6, 6.07) is 19.0. The van der Waals surface area contributed by atoms with Crippen LogP contribution in [0.1, 0.15) is 11.1 Å². The van der Waals surface area contributed by atoms with Crippen molar-refractivity contribution in [2.24, 2.45) is 0 Å². The molecule has 2 aromatic rings. The standard InChI is InChI=1S/C15H17NOS/c17-16-11-10-13-6-8-14(9-7-13)12-18-15-4-2-1-3-5-15/h1-9,16-17H,10-12H2. The molecule has 0 saturated carbocycles. The molecule has 0 heterocycles. The van der Waals surface area contributed by atoms with Crippen LogP contribution in [0.2, 0.25) is 0 Å². The number of nitrogens with one attached hydrogen (secondary N) is 1. The summed E-state index contributed by atoms with van der Waals surface area (Å²) >= 11 is 1.84. The second-order valence-electron chi connectivity index (χ2n) is 4.08.